The van der Waals surface area contributed by atoms with Gasteiger partial charge in [0.25, 0.3) is 0 Å². The molecule has 0 unspecified atom stereocenters. The average molecular weight is 145 g/mol. The predicted molar refractivity (Wildman–Crippen MR) is 43.7 cm³/mol. The van der Waals surface area contributed by atoms with Crippen LogP contribution in [-0.4, -0.2) is 0 Å². The van der Waals surface area contributed by atoms with Gasteiger partial charge in [0.05, 0.1) is 0 Å². The van der Waals surface area contributed by atoms with Crippen LogP contribution >= 0.6 is 11.6 Å². The van der Waals surface area contributed by atoms with E-state index in [-0.39, 0.29) is 0 Å². The molecule has 0 aromatic heterocycles. The highest BCUT2D eigenvalue weighted by Gasteiger charge is 1.95. The fraction of sp³-hybridized carbons (Fsp3) is 0.500. The average Bonchev–Trinajstić information content (AvgIpc) is 1.84. The maximum Gasteiger partial charge on any atom is 0.0418 e. The molecule has 0 heterocycles. The molecule has 0 saturated heterocycles. The molecule has 9 heavy (non-hydrogen) atoms. The summed E-state index contributed by atoms with van der Waals surface area (Å²) in [5.41, 5.74) is 2.17. The van der Waals surface area contributed by atoms with E-state index >= 15 is 0 Å². The lowest BCUT2D eigenvalue weighted by Gasteiger charge is -2.00. The Kier molecular flexibility index (Phi) is 3.64. The first-order valence-electron chi connectivity index (χ1n) is 3.10. The van der Waals surface area contributed by atoms with Crippen LogP contribution in [0.3, 0.4) is 0 Å². The zero-order chi connectivity index (χ0) is 7.44. The number of hydrogen-bond donors (Lipinski definition) is 0. The Balaban J connectivity index is 4.28. The van der Waals surface area contributed by atoms with E-state index < -0.39 is 0 Å². The highest BCUT2D eigenvalue weighted by atomic mass is 35.5. The summed E-state index contributed by atoms with van der Waals surface area (Å²) >= 11 is 5.85. The quantitative estimate of drug-likeness (QED) is 0.521. The first kappa shape index (κ1) is 8.77. The standard InChI is InChI=1S/C8H13Cl/c1-5-7(4)8(9)6(2)3/h2,5H2,1,3-4H3. The van der Waals surface area contributed by atoms with Crippen molar-refractivity contribution >= 4 is 11.6 Å². The van der Waals surface area contributed by atoms with Gasteiger partial charge in [-0.15, -0.1) is 0 Å². The van der Waals surface area contributed by atoms with E-state index in [0.29, 0.717) is 0 Å². The van der Waals surface area contributed by atoms with Gasteiger partial charge in [-0.1, -0.05) is 30.7 Å². The van der Waals surface area contributed by atoms with Gasteiger partial charge in [0.15, 0.2) is 0 Å². The van der Waals surface area contributed by atoms with E-state index in [9.17, 15) is 0 Å². The van der Waals surface area contributed by atoms with Crippen LogP contribution in [0.2, 0.25) is 0 Å². The molecule has 0 nitrogen and oxygen atoms in total. The maximum atomic E-state index is 5.85. The number of allylic oxidation sites excluding steroid dienone is 3. The van der Waals surface area contributed by atoms with E-state index in [2.05, 4.69) is 13.5 Å². The van der Waals surface area contributed by atoms with Gasteiger partial charge in [-0.3, -0.25) is 0 Å². The fourth-order valence-electron chi connectivity index (χ4n) is 0.519. The molecular formula is C8H13Cl. The zero-order valence-corrected chi connectivity index (χ0v) is 7.05. The summed E-state index contributed by atoms with van der Waals surface area (Å²) in [6.45, 7) is 9.76. The van der Waals surface area contributed by atoms with E-state index in [4.69, 9.17) is 11.6 Å². The summed E-state index contributed by atoms with van der Waals surface area (Å²) in [6, 6.07) is 0. The van der Waals surface area contributed by atoms with Crippen molar-refractivity contribution in [3.8, 4) is 0 Å². The second kappa shape index (κ2) is 3.73. The molecule has 0 bridgehead atoms. The normalized spacial score (nSPS) is 12.9. The summed E-state index contributed by atoms with van der Waals surface area (Å²) in [4.78, 5) is 0. The summed E-state index contributed by atoms with van der Waals surface area (Å²) in [5, 5.41) is 0.831. The maximum absolute atomic E-state index is 5.85. The molecule has 0 spiro atoms. The van der Waals surface area contributed by atoms with Crippen LogP contribution in [0, 0.1) is 0 Å². The molecule has 0 atom stereocenters. The van der Waals surface area contributed by atoms with Gasteiger partial charge in [0.1, 0.15) is 0 Å². The van der Waals surface area contributed by atoms with Crippen LogP contribution in [0.25, 0.3) is 0 Å². The fourth-order valence-corrected chi connectivity index (χ4v) is 0.653. The van der Waals surface area contributed by atoms with Crippen molar-refractivity contribution in [3.63, 3.8) is 0 Å². The third kappa shape index (κ3) is 2.71. The molecule has 0 rings (SSSR count). The molecule has 0 aliphatic carbocycles. The minimum absolute atomic E-state index is 0.831. The van der Waals surface area contributed by atoms with Crippen LogP contribution < -0.4 is 0 Å². The smallest absolute Gasteiger partial charge is 0.0418 e. The van der Waals surface area contributed by atoms with Gasteiger partial charge in [0, 0.05) is 5.03 Å². The Morgan fingerprint density at radius 1 is 1.44 bits per heavy atom. The molecule has 0 aromatic rings. The van der Waals surface area contributed by atoms with Crippen molar-refractivity contribution in [1.29, 1.82) is 0 Å². The topological polar surface area (TPSA) is 0 Å². The third-order valence-electron chi connectivity index (χ3n) is 1.28. The van der Waals surface area contributed by atoms with Crippen LogP contribution in [0.1, 0.15) is 27.2 Å². The van der Waals surface area contributed by atoms with Gasteiger partial charge in [-0.25, -0.2) is 0 Å². The Bertz CT molecular complexity index is 143. The number of rotatable bonds is 2. The highest BCUT2D eigenvalue weighted by Crippen LogP contribution is 2.18. The largest absolute Gasteiger partial charge is 0.0946 e. The Morgan fingerprint density at radius 3 is 2.00 bits per heavy atom. The SMILES string of the molecule is C=C(C)C(Cl)=C(C)CC. The van der Waals surface area contributed by atoms with Gasteiger partial charge < -0.3 is 0 Å². The highest BCUT2D eigenvalue weighted by molar-refractivity contribution is 6.32. The molecule has 0 saturated carbocycles. The second-order valence-electron chi connectivity index (χ2n) is 2.23. The van der Waals surface area contributed by atoms with Crippen molar-refractivity contribution in [2.24, 2.45) is 0 Å². The van der Waals surface area contributed by atoms with Gasteiger partial charge in [-0.05, 0) is 25.8 Å². The van der Waals surface area contributed by atoms with Crippen LogP contribution in [0.4, 0.5) is 0 Å². The Labute approximate surface area is 62.2 Å². The molecule has 0 aliphatic heterocycles. The number of hydrogen-bond acceptors (Lipinski definition) is 0. The van der Waals surface area contributed by atoms with Crippen molar-refractivity contribution < 1.29 is 0 Å². The minimum Gasteiger partial charge on any atom is -0.0946 e. The first-order valence-corrected chi connectivity index (χ1v) is 3.48. The molecule has 0 radical (unpaired) electrons. The Hall–Kier alpha value is -0.230. The minimum atomic E-state index is 0.831. The van der Waals surface area contributed by atoms with Gasteiger partial charge in [-0.2, -0.15) is 0 Å². The molecule has 52 valence electrons. The second-order valence-corrected chi connectivity index (χ2v) is 2.61. The lowest BCUT2D eigenvalue weighted by Crippen LogP contribution is -1.79. The van der Waals surface area contributed by atoms with Crippen molar-refractivity contribution in [3.05, 3.63) is 22.8 Å². The van der Waals surface area contributed by atoms with E-state index in [1.165, 1.54) is 5.57 Å². The van der Waals surface area contributed by atoms with E-state index in [1.807, 2.05) is 13.8 Å². The summed E-state index contributed by atoms with van der Waals surface area (Å²) in [5.74, 6) is 0. The van der Waals surface area contributed by atoms with Crippen molar-refractivity contribution in [2.45, 2.75) is 27.2 Å². The van der Waals surface area contributed by atoms with E-state index in [0.717, 1.165) is 17.0 Å². The number of halogens is 1. The van der Waals surface area contributed by atoms with Crippen molar-refractivity contribution in [1.82, 2.24) is 0 Å². The molecule has 0 aliphatic rings. The first-order chi connectivity index (χ1) is 4.09. The predicted octanol–water partition coefficient (Wildman–Crippen LogP) is 3.49. The zero-order valence-electron chi connectivity index (χ0n) is 6.29. The molecule has 1 heteroatoms. The Morgan fingerprint density at radius 2 is 1.89 bits per heavy atom. The third-order valence-corrected chi connectivity index (χ3v) is 1.92. The van der Waals surface area contributed by atoms with Crippen LogP contribution in [0.5, 0.6) is 0 Å². The summed E-state index contributed by atoms with van der Waals surface area (Å²) in [6.07, 6.45) is 1.01. The van der Waals surface area contributed by atoms with Crippen molar-refractivity contribution in [2.75, 3.05) is 0 Å². The molecule has 0 aromatic carbocycles. The molecule has 0 amide bonds. The lowest BCUT2D eigenvalue weighted by molar-refractivity contribution is 1.09. The molecule has 0 N–H and O–H groups in total. The van der Waals surface area contributed by atoms with Crippen LogP contribution in [0.15, 0.2) is 22.8 Å². The lowest BCUT2D eigenvalue weighted by atomic mass is 10.1. The van der Waals surface area contributed by atoms with Gasteiger partial charge >= 0.3 is 0 Å². The monoisotopic (exact) mass is 144 g/mol. The van der Waals surface area contributed by atoms with E-state index in [1.54, 1.807) is 0 Å². The van der Waals surface area contributed by atoms with Crippen LogP contribution in [-0.2, 0) is 0 Å². The summed E-state index contributed by atoms with van der Waals surface area (Å²) < 4.78 is 0. The molecular weight excluding hydrogens is 132 g/mol. The summed E-state index contributed by atoms with van der Waals surface area (Å²) in [7, 11) is 0. The van der Waals surface area contributed by atoms with Gasteiger partial charge in [0.2, 0.25) is 0 Å². The molecule has 0 fully saturated rings.